The maximum Gasteiger partial charge on any atom is 0.171 e. The molecule has 0 aromatic rings. The Morgan fingerprint density at radius 3 is 2.06 bits per heavy atom. The second-order valence-corrected chi connectivity index (χ2v) is 4.42. The molecular formula is C13H29NO2. The van der Waals surface area contributed by atoms with E-state index in [1.54, 1.807) is 14.2 Å². The lowest BCUT2D eigenvalue weighted by molar-refractivity contribution is -0.121. The van der Waals surface area contributed by atoms with Gasteiger partial charge in [0.05, 0.1) is 6.04 Å². The number of methoxy groups -OCH3 is 2. The summed E-state index contributed by atoms with van der Waals surface area (Å²) in [5.74, 6) is 0. The molecule has 1 N–H and O–H groups in total. The third-order valence-corrected chi connectivity index (χ3v) is 2.91. The molecule has 0 saturated carbocycles. The summed E-state index contributed by atoms with van der Waals surface area (Å²) in [6.07, 6.45) is 6.09. The molecule has 0 aromatic heterocycles. The molecule has 0 fully saturated rings. The van der Waals surface area contributed by atoms with E-state index < -0.39 is 0 Å². The smallest absolute Gasteiger partial charge is 0.171 e. The summed E-state index contributed by atoms with van der Waals surface area (Å²) >= 11 is 0. The van der Waals surface area contributed by atoms with Gasteiger partial charge in [0.25, 0.3) is 0 Å². The normalized spacial score (nSPS) is 15.4. The van der Waals surface area contributed by atoms with Crippen LogP contribution in [0.1, 0.15) is 52.9 Å². The van der Waals surface area contributed by atoms with Crippen molar-refractivity contribution in [2.75, 3.05) is 14.2 Å². The third-order valence-electron chi connectivity index (χ3n) is 2.91. The Labute approximate surface area is 101 Å². The molecule has 0 aliphatic rings. The molecule has 2 atom stereocenters. The summed E-state index contributed by atoms with van der Waals surface area (Å²) < 4.78 is 10.5. The molecule has 0 radical (unpaired) electrons. The second kappa shape index (κ2) is 10.1. The molecule has 0 spiro atoms. The van der Waals surface area contributed by atoms with Crippen molar-refractivity contribution in [3.05, 3.63) is 0 Å². The Balaban J connectivity index is 4.04. The first-order valence-corrected chi connectivity index (χ1v) is 6.51. The fourth-order valence-corrected chi connectivity index (χ4v) is 2.06. The molecule has 0 saturated heterocycles. The summed E-state index contributed by atoms with van der Waals surface area (Å²) in [4.78, 5) is 0. The highest BCUT2D eigenvalue weighted by molar-refractivity contribution is 4.73. The molecule has 3 heteroatoms. The zero-order valence-corrected chi connectivity index (χ0v) is 11.6. The Morgan fingerprint density at radius 1 is 1.00 bits per heavy atom. The minimum absolute atomic E-state index is 0.152. The second-order valence-electron chi connectivity index (χ2n) is 4.42. The summed E-state index contributed by atoms with van der Waals surface area (Å²) in [6.45, 7) is 6.58. The predicted molar refractivity (Wildman–Crippen MR) is 68.6 cm³/mol. The number of hydrogen-bond acceptors (Lipinski definition) is 3. The topological polar surface area (TPSA) is 30.5 Å². The van der Waals surface area contributed by atoms with E-state index in [0.29, 0.717) is 6.04 Å². The minimum atomic E-state index is -0.152. The summed E-state index contributed by atoms with van der Waals surface area (Å²) in [5.41, 5.74) is 0. The van der Waals surface area contributed by atoms with Gasteiger partial charge in [-0.15, -0.1) is 0 Å². The van der Waals surface area contributed by atoms with E-state index in [1.165, 1.54) is 32.1 Å². The van der Waals surface area contributed by atoms with Crippen molar-refractivity contribution < 1.29 is 9.47 Å². The SMILES string of the molecule is CCCCC(CCC)NC(C)C(OC)OC. The van der Waals surface area contributed by atoms with E-state index in [-0.39, 0.29) is 12.3 Å². The number of nitrogens with one attached hydrogen (secondary N) is 1. The molecule has 16 heavy (non-hydrogen) atoms. The average Bonchev–Trinajstić information content (AvgIpc) is 2.28. The average molecular weight is 231 g/mol. The van der Waals surface area contributed by atoms with Gasteiger partial charge in [-0.25, -0.2) is 0 Å². The van der Waals surface area contributed by atoms with Crippen molar-refractivity contribution in [1.29, 1.82) is 0 Å². The van der Waals surface area contributed by atoms with Crippen LogP contribution in [0.2, 0.25) is 0 Å². The van der Waals surface area contributed by atoms with E-state index in [0.717, 1.165) is 0 Å². The van der Waals surface area contributed by atoms with E-state index in [2.05, 4.69) is 26.1 Å². The molecule has 2 unspecified atom stereocenters. The number of ether oxygens (including phenoxy) is 2. The Hall–Kier alpha value is -0.120. The van der Waals surface area contributed by atoms with Gasteiger partial charge in [-0.3, -0.25) is 0 Å². The maximum absolute atomic E-state index is 5.26. The van der Waals surface area contributed by atoms with Crippen molar-refractivity contribution in [1.82, 2.24) is 5.32 Å². The summed E-state index contributed by atoms with van der Waals surface area (Å²) in [6, 6.07) is 0.830. The van der Waals surface area contributed by atoms with Crippen molar-refractivity contribution in [3.63, 3.8) is 0 Å². The molecule has 98 valence electrons. The van der Waals surface area contributed by atoms with Gasteiger partial charge in [0, 0.05) is 20.3 Å². The van der Waals surface area contributed by atoms with Crippen LogP contribution in [0, 0.1) is 0 Å². The third kappa shape index (κ3) is 6.46. The monoisotopic (exact) mass is 231 g/mol. The zero-order chi connectivity index (χ0) is 12.4. The lowest BCUT2D eigenvalue weighted by Gasteiger charge is -2.27. The van der Waals surface area contributed by atoms with Crippen LogP contribution in [-0.4, -0.2) is 32.6 Å². The van der Waals surface area contributed by atoms with Gasteiger partial charge in [0.2, 0.25) is 0 Å². The molecule has 0 heterocycles. The quantitative estimate of drug-likeness (QED) is 0.586. The highest BCUT2D eigenvalue weighted by atomic mass is 16.7. The lowest BCUT2D eigenvalue weighted by Crippen LogP contribution is -2.45. The first-order chi connectivity index (χ1) is 7.69. The van der Waals surface area contributed by atoms with Gasteiger partial charge in [-0.1, -0.05) is 33.1 Å². The fraction of sp³-hybridized carbons (Fsp3) is 1.00. The number of hydrogen-bond donors (Lipinski definition) is 1. The van der Waals surface area contributed by atoms with Gasteiger partial charge in [0.1, 0.15) is 0 Å². The van der Waals surface area contributed by atoms with Crippen molar-refractivity contribution >= 4 is 0 Å². The molecule has 0 amide bonds. The van der Waals surface area contributed by atoms with Crippen LogP contribution >= 0.6 is 0 Å². The number of rotatable bonds is 10. The van der Waals surface area contributed by atoms with E-state index >= 15 is 0 Å². The Morgan fingerprint density at radius 2 is 1.62 bits per heavy atom. The highest BCUT2D eigenvalue weighted by Crippen LogP contribution is 2.09. The highest BCUT2D eigenvalue weighted by Gasteiger charge is 2.18. The van der Waals surface area contributed by atoms with Gasteiger partial charge >= 0.3 is 0 Å². The minimum Gasteiger partial charge on any atom is -0.354 e. The molecule has 0 bridgehead atoms. The standard InChI is InChI=1S/C13H29NO2/c1-6-8-10-12(9-7-2)14-11(3)13(15-4)16-5/h11-14H,6-10H2,1-5H3. The van der Waals surface area contributed by atoms with E-state index in [9.17, 15) is 0 Å². The Bertz CT molecular complexity index is 149. The molecule has 0 rings (SSSR count). The van der Waals surface area contributed by atoms with Crippen LogP contribution in [0.15, 0.2) is 0 Å². The van der Waals surface area contributed by atoms with Crippen LogP contribution in [0.25, 0.3) is 0 Å². The van der Waals surface area contributed by atoms with Crippen molar-refractivity contribution in [2.45, 2.75) is 71.2 Å². The number of unbranched alkanes of at least 4 members (excludes halogenated alkanes) is 1. The van der Waals surface area contributed by atoms with Gasteiger partial charge in [-0.2, -0.15) is 0 Å². The summed E-state index contributed by atoms with van der Waals surface area (Å²) in [5, 5.41) is 3.60. The maximum atomic E-state index is 5.26. The van der Waals surface area contributed by atoms with E-state index in [4.69, 9.17) is 9.47 Å². The Kier molecular flexibility index (Phi) is 9.99. The zero-order valence-electron chi connectivity index (χ0n) is 11.6. The molecule has 3 nitrogen and oxygen atoms in total. The van der Waals surface area contributed by atoms with Gasteiger partial charge in [0.15, 0.2) is 6.29 Å². The van der Waals surface area contributed by atoms with Crippen LogP contribution in [0.4, 0.5) is 0 Å². The fourth-order valence-electron chi connectivity index (χ4n) is 2.06. The predicted octanol–water partition coefficient (Wildman–Crippen LogP) is 2.94. The largest absolute Gasteiger partial charge is 0.354 e. The van der Waals surface area contributed by atoms with Gasteiger partial charge in [-0.05, 0) is 19.8 Å². The first-order valence-electron chi connectivity index (χ1n) is 6.51. The van der Waals surface area contributed by atoms with Crippen LogP contribution in [0.5, 0.6) is 0 Å². The van der Waals surface area contributed by atoms with Crippen molar-refractivity contribution in [3.8, 4) is 0 Å². The van der Waals surface area contributed by atoms with Gasteiger partial charge < -0.3 is 14.8 Å². The van der Waals surface area contributed by atoms with Crippen molar-refractivity contribution in [2.24, 2.45) is 0 Å². The van der Waals surface area contributed by atoms with Crippen LogP contribution in [-0.2, 0) is 9.47 Å². The lowest BCUT2D eigenvalue weighted by atomic mass is 10.0. The summed E-state index contributed by atoms with van der Waals surface area (Å²) in [7, 11) is 3.38. The molecule has 0 aromatic carbocycles. The van der Waals surface area contributed by atoms with Crippen LogP contribution < -0.4 is 5.32 Å². The molecule has 0 aliphatic carbocycles. The van der Waals surface area contributed by atoms with Crippen LogP contribution in [0.3, 0.4) is 0 Å². The van der Waals surface area contributed by atoms with E-state index in [1.807, 2.05) is 0 Å². The molecule has 0 aliphatic heterocycles. The molecular weight excluding hydrogens is 202 g/mol. The first kappa shape index (κ1) is 15.9.